The molecule has 3 atom stereocenters. The minimum atomic E-state index is 0.290. The van der Waals surface area contributed by atoms with E-state index in [1.165, 1.54) is 25.7 Å². The Hall–Kier alpha value is -0.120. The zero-order chi connectivity index (χ0) is 12.3. The molecule has 1 heterocycles. The number of hydrogen-bond acceptors (Lipinski definition) is 3. The van der Waals surface area contributed by atoms with Gasteiger partial charge in [0.05, 0.1) is 12.2 Å². The monoisotopic (exact) mass is 241 g/mol. The Kier molecular flexibility index (Phi) is 4.45. The molecule has 0 radical (unpaired) electrons. The molecule has 0 bridgehead atoms. The van der Waals surface area contributed by atoms with Crippen molar-refractivity contribution in [1.29, 1.82) is 0 Å². The molecule has 0 spiro atoms. The standard InChI is InChI=1S/C14H27NO2/c1-14(2)12(10-13(14)16-3)15-8-4-6-11-7-5-9-17-11/h11-13,15H,4-10H2,1-3H3. The van der Waals surface area contributed by atoms with Crippen LogP contribution < -0.4 is 5.32 Å². The van der Waals surface area contributed by atoms with Gasteiger partial charge in [0, 0.05) is 25.2 Å². The van der Waals surface area contributed by atoms with Crippen LogP contribution in [0.2, 0.25) is 0 Å². The van der Waals surface area contributed by atoms with Gasteiger partial charge in [-0.25, -0.2) is 0 Å². The van der Waals surface area contributed by atoms with Gasteiger partial charge in [-0.2, -0.15) is 0 Å². The third-order valence-electron chi connectivity index (χ3n) is 4.58. The molecular formula is C14H27NO2. The van der Waals surface area contributed by atoms with E-state index in [2.05, 4.69) is 19.2 Å². The van der Waals surface area contributed by atoms with E-state index in [0.717, 1.165) is 19.6 Å². The van der Waals surface area contributed by atoms with Gasteiger partial charge in [0.15, 0.2) is 0 Å². The molecule has 0 aromatic rings. The van der Waals surface area contributed by atoms with Crippen LogP contribution in [0.1, 0.15) is 46.0 Å². The second-order valence-corrected chi connectivity index (χ2v) is 6.07. The third-order valence-corrected chi connectivity index (χ3v) is 4.58. The number of ether oxygens (including phenoxy) is 2. The molecule has 1 saturated carbocycles. The summed E-state index contributed by atoms with van der Waals surface area (Å²) in [7, 11) is 1.82. The zero-order valence-corrected chi connectivity index (χ0v) is 11.5. The zero-order valence-electron chi connectivity index (χ0n) is 11.5. The highest BCUT2D eigenvalue weighted by Gasteiger charge is 2.47. The quantitative estimate of drug-likeness (QED) is 0.724. The first-order valence-corrected chi connectivity index (χ1v) is 7.02. The normalized spacial score (nSPS) is 35.8. The summed E-state index contributed by atoms with van der Waals surface area (Å²) >= 11 is 0. The van der Waals surface area contributed by atoms with Gasteiger partial charge in [0.25, 0.3) is 0 Å². The smallest absolute Gasteiger partial charge is 0.0652 e. The summed E-state index contributed by atoms with van der Waals surface area (Å²) in [5.41, 5.74) is 0.290. The van der Waals surface area contributed by atoms with Gasteiger partial charge in [0.1, 0.15) is 0 Å². The second kappa shape index (κ2) is 5.68. The van der Waals surface area contributed by atoms with Crippen LogP contribution in [-0.2, 0) is 9.47 Å². The van der Waals surface area contributed by atoms with Crippen LogP contribution in [-0.4, -0.2) is 38.5 Å². The van der Waals surface area contributed by atoms with Gasteiger partial charge in [-0.3, -0.25) is 0 Å². The summed E-state index contributed by atoms with van der Waals surface area (Å²) in [5.74, 6) is 0. The minimum absolute atomic E-state index is 0.290. The molecular weight excluding hydrogens is 214 g/mol. The van der Waals surface area contributed by atoms with Crippen LogP contribution in [0, 0.1) is 5.41 Å². The average Bonchev–Trinajstić information content (AvgIpc) is 2.80. The number of rotatable bonds is 6. The first-order chi connectivity index (χ1) is 8.14. The molecule has 2 aliphatic rings. The Morgan fingerprint density at radius 1 is 1.41 bits per heavy atom. The second-order valence-electron chi connectivity index (χ2n) is 6.07. The van der Waals surface area contributed by atoms with E-state index in [1.54, 1.807) is 0 Å². The van der Waals surface area contributed by atoms with Gasteiger partial charge < -0.3 is 14.8 Å². The lowest BCUT2D eigenvalue weighted by Gasteiger charge is -2.51. The van der Waals surface area contributed by atoms with Gasteiger partial charge >= 0.3 is 0 Å². The third kappa shape index (κ3) is 3.01. The van der Waals surface area contributed by atoms with E-state index < -0.39 is 0 Å². The van der Waals surface area contributed by atoms with Gasteiger partial charge in [-0.15, -0.1) is 0 Å². The van der Waals surface area contributed by atoms with Crippen molar-refractivity contribution in [3.05, 3.63) is 0 Å². The summed E-state index contributed by atoms with van der Waals surface area (Å²) in [5, 5.41) is 3.66. The lowest BCUT2D eigenvalue weighted by Crippen LogP contribution is -2.60. The van der Waals surface area contributed by atoms with E-state index in [4.69, 9.17) is 9.47 Å². The van der Waals surface area contributed by atoms with E-state index in [1.807, 2.05) is 7.11 Å². The van der Waals surface area contributed by atoms with Crippen LogP contribution in [0.15, 0.2) is 0 Å². The molecule has 2 fully saturated rings. The molecule has 1 aliphatic carbocycles. The Morgan fingerprint density at radius 2 is 2.24 bits per heavy atom. The molecule has 100 valence electrons. The number of methoxy groups -OCH3 is 1. The highest BCUT2D eigenvalue weighted by molar-refractivity contribution is 5.02. The highest BCUT2D eigenvalue weighted by Crippen LogP contribution is 2.42. The molecule has 0 aromatic heterocycles. The molecule has 1 N–H and O–H groups in total. The van der Waals surface area contributed by atoms with Crippen LogP contribution in [0.5, 0.6) is 0 Å². The maximum absolute atomic E-state index is 5.63. The average molecular weight is 241 g/mol. The van der Waals surface area contributed by atoms with Crippen LogP contribution in [0.4, 0.5) is 0 Å². The summed E-state index contributed by atoms with van der Waals surface area (Å²) in [6, 6.07) is 0.622. The summed E-state index contributed by atoms with van der Waals surface area (Å²) < 4.78 is 11.1. The summed E-state index contributed by atoms with van der Waals surface area (Å²) in [6.07, 6.45) is 7.09. The van der Waals surface area contributed by atoms with Crippen molar-refractivity contribution >= 4 is 0 Å². The first-order valence-electron chi connectivity index (χ1n) is 7.02. The topological polar surface area (TPSA) is 30.5 Å². The largest absolute Gasteiger partial charge is 0.381 e. The van der Waals surface area contributed by atoms with Gasteiger partial charge in [-0.1, -0.05) is 13.8 Å². The van der Waals surface area contributed by atoms with Crippen LogP contribution >= 0.6 is 0 Å². The van der Waals surface area contributed by atoms with Crippen molar-refractivity contribution < 1.29 is 9.47 Å². The molecule has 3 unspecified atom stereocenters. The van der Waals surface area contributed by atoms with Crippen molar-refractivity contribution in [1.82, 2.24) is 5.32 Å². The molecule has 0 amide bonds. The van der Waals surface area contributed by atoms with E-state index in [-0.39, 0.29) is 0 Å². The van der Waals surface area contributed by atoms with Crippen molar-refractivity contribution in [3.8, 4) is 0 Å². The summed E-state index contributed by atoms with van der Waals surface area (Å²) in [4.78, 5) is 0. The SMILES string of the molecule is COC1CC(NCCCC2CCCO2)C1(C)C. The maximum atomic E-state index is 5.63. The molecule has 3 heteroatoms. The molecule has 17 heavy (non-hydrogen) atoms. The van der Waals surface area contributed by atoms with Gasteiger partial charge in [-0.05, 0) is 38.6 Å². The van der Waals surface area contributed by atoms with Crippen molar-refractivity contribution in [2.75, 3.05) is 20.3 Å². The predicted molar refractivity (Wildman–Crippen MR) is 69.2 cm³/mol. The predicted octanol–water partition coefficient (Wildman–Crippen LogP) is 2.35. The van der Waals surface area contributed by atoms with Crippen LogP contribution in [0.25, 0.3) is 0 Å². The number of hydrogen-bond donors (Lipinski definition) is 1. The lowest BCUT2D eigenvalue weighted by molar-refractivity contribution is -0.0974. The highest BCUT2D eigenvalue weighted by atomic mass is 16.5. The van der Waals surface area contributed by atoms with E-state index >= 15 is 0 Å². The van der Waals surface area contributed by atoms with E-state index in [9.17, 15) is 0 Å². The van der Waals surface area contributed by atoms with E-state index in [0.29, 0.717) is 23.7 Å². The van der Waals surface area contributed by atoms with Crippen molar-refractivity contribution in [2.45, 2.75) is 64.2 Å². The molecule has 3 nitrogen and oxygen atoms in total. The Labute approximate surface area is 105 Å². The molecule has 1 saturated heterocycles. The Balaban J connectivity index is 1.57. The van der Waals surface area contributed by atoms with Crippen LogP contribution in [0.3, 0.4) is 0 Å². The minimum Gasteiger partial charge on any atom is -0.381 e. The van der Waals surface area contributed by atoms with Crippen molar-refractivity contribution in [3.63, 3.8) is 0 Å². The molecule has 2 rings (SSSR count). The lowest BCUT2D eigenvalue weighted by atomic mass is 9.64. The molecule has 0 aromatic carbocycles. The fourth-order valence-corrected chi connectivity index (χ4v) is 3.11. The number of nitrogens with one attached hydrogen (secondary N) is 1. The Morgan fingerprint density at radius 3 is 2.82 bits per heavy atom. The maximum Gasteiger partial charge on any atom is 0.0652 e. The first kappa shape index (κ1) is 13.3. The van der Waals surface area contributed by atoms with Crippen molar-refractivity contribution in [2.24, 2.45) is 5.41 Å². The fraction of sp³-hybridized carbons (Fsp3) is 1.00. The summed E-state index contributed by atoms with van der Waals surface area (Å²) in [6.45, 7) is 6.68. The van der Waals surface area contributed by atoms with Gasteiger partial charge in [0.2, 0.25) is 0 Å². The fourth-order valence-electron chi connectivity index (χ4n) is 3.11. The Bertz CT molecular complexity index is 236. The molecule has 1 aliphatic heterocycles.